The van der Waals surface area contributed by atoms with Crippen LogP contribution in [0.25, 0.3) is 11.1 Å². The summed E-state index contributed by atoms with van der Waals surface area (Å²) in [5.41, 5.74) is 4.54. The second-order valence-electron chi connectivity index (χ2n) is 5.04. The molecule has 0 aromatic heterocycles. The zero-order valence-electron chi connectivity index (χ0n) is 11.6. The van der Waals surface area contributed by atoms with E-state index in [9.17, 15) is 4.79 Å². The van der Waals surface area contributed by atoms with Gasteiger partial charge < -0.3 is 5.32 Å². The first-order valence-corrected chi connectivity index (χ1v) is 6.54. The molecule has 2 aromatic rings. The third-order valence-electron chi connectivity index (χ3n) is 3.09. The fourth-order valence-corrected chi connectivity index (χ4v) is 2.03. The van der Waals surface area contributed by atoms with Gasteiger partial charge in [-0.3, -0.25) is 4.79 Å². The Bertz CT molecular complexity index is 570. The van der Waals surface area contributed by atoms with Crippen LogP contribution in [0.5, 0.6) is 0 Å². The second-order valence-corrected chi connectivity index (χ2v) is 5.04. The lowest BCUT2D eigenvalue weighted by Gasteiger charge is -2.09. The van der Waals surface area contributed by atoms with Gasteiger partial charge in [-0.1, -0.05) is 50.2 Å². The van der Waals surface area contributed by atoms with Crippen molar-refractivity contribution in [2.75, 3.05) is 5.32 Å². The molecule has 0 aliphatic rings. The molecule has 98 valence electrons. The highest BCUT2D eigenvalue weighted by atomic mass is 16.1. The van der Waals surface area contributed by atoms with Gasteiger partial charge in [-0.2, -0.15) is 0 Å². The van der Waals surface area contributed by atoms with E-state index in [0.717, 1.165) is 11.3 Å². The number of hydrogen-bond acceptors (Lipinski definition) is 1. The molecular formula is C17H19NO. The van der Waals surface area contributed by atoms with Crippen molar-refractivity contribution in [3.8, 4) is 11.1 Å². The van der Waals surface area contributed by atoms with E-state index in [4.69, 9.17) is 0 Å². The molecule has 19 heavy (non-hydrogen) atoms. The monoisotopic (exact) mass is 253 g/mol. The largest absolute Gasteiger partial charge is 0.326 e. The molecule has 1 N–H and O–H groups in total. The average Bonchev–Trinajstić information content (AvgIpc) is 2.39. The molecule has 0 unspecified atom stereocenters. The minimum atomic E-state index is -0.0467. The summed E-state index contributed by atoms with van der Waals surface area (Å²) in [5.74, 6) is 0.480. The number of anilines is 1. The Kier molecular flexibility index (Phi) is 4.00. The first kappa shape index (κ1) is 13.3. The topological polar surface area (TPSA) is 29.1 Å². The normalized spacial score (nSPS) is 10.5. The van der Waals surface area contributed by atoms with Gasteiger partial charge in [0.15, 0.2) is 0 Å². The number of carbonyl (C=O) groups excluding carboxylic acids is 1. The van der Waals surface area contributed by atoms with Gasteiger partial charge in [-0.15, -0.1) is 0 Å². The van der Waals surface area contributed by atoms with Crippen LogP contribution in [-0.2, 0) is 4.79 Å². The number of nitrogens with one attached hydrogen (secondary N) is 1. The highest BCUT2D eigenvalue weighted by molar-refractivity contribution is 5.89. The molecule has 1 amide bonds. The lowest BCUT2D eigenvalue weighted by molar-refractivity contribution is -0.114. The summed E-state index contributed by atoms with van der Waals surface area (Å²) >= 11 is 0. The molecule has 0 aliphatic carbocycles. The van der Waals surface area contributed by atoms with Crippen LogP contribution in [0.15, 0.2) is 48.5 Å². The molecule has 0 saturated heterocycles. The minimum absolute atomic E-state index is 0.0467. The first-order chi connectivity index (χ1) is 9.06. The quantitative estimate of drug-likeness (QED) is 0.861. The highest BCUT2D eigenvalue weighted by Crippen LogP contribution is 2.25. The molecule has 0 aliphatic heterocycles. The van der Waals surface area contributed by atoms with Crippen molar-refractivity contribution in [1.29, 1.82) is 0 Å². The summed E-state index contributed by atoms with van der Waals surface area (Å²) in [4.78, 5) is 11.0. The van der Waals surface area contributed by atoms with Gasteiger partial charge in [-0.25, -0.2) is 0 Å². The molecule has 2 nitrogen and oxygen atoms in total. The lowest BCUT2D eigenvalue weighted by Crippen LogP contribution is -2.05. The van der Waals surface area contributed by atoms with Crippen molar-refractivity contribution in [2.45, 2.75) is 26.7 Å². The Balaban J connectivity index is 2.26. The zero-order chi connectivity index (χ0) is 13.8. The van der Waals surface area contributed by atoms with Gasteiger partial charge in [0.2, 0.25) is 5.91 Å². The van der Waals surface area contributed by atoms with Crippen molar-refractivity contribution < 1.29 is 4.79 Å². The molecule has 0 bridgehead atoms. The van der Waals surface area contributed by atoms with E-state index in [2.05, 4.69) is 43.4 Å². The Hall–Kier alpha value is -2.09. The number of hydrogen-bond donors (Lipinski definition) is 1. The van der Waals surface area contributed by atoms with Gasteiger partial charge in [-0.05, 0) is 34.7 Å². The smallest absolute Gasteiger partial charge is 0.221 e. The van der Waals surface area contributed by atoms with Crippen LogP contribution in [0.1, 0.15) is 32.3 Å². The molecule has 0 fully saturated rings. The molecule has 2 rings (SSSR count). The molecule has 0 heterocycles. The Morgan fingerprint density at radius 1 is 1.00 bits per heavy atom. The molecule has 0 atom stereocenters. The van der Waals surface area contributed by atoms with Crippen LogP contribution in [-0.4, -0.2) is 5.91 Å². The van der Waals surface area contributed by atoms with Crippen molar-refractivity contribution in [2.24, 2.45) is 0 Å². The molecular weight excluding hydrogens is 234 g/mol. The molecule has 2 heteroatoms. The average molecular weight is 253 g/mol. The van der Waals surface area contributed by atoms with Crippen molar-refractivity contribution in [3.63, 3.8) is 0 Å². The van der Waals surface area contributed by atoms with Gasteiger partial charge in [0.05, 0.1) is 0 Å². The van der Waals surface area contributed by atoms with E-state index in [1.807, 2.05) is 24.3 Å². The van der Waals surface area contributed by atoms with Crippen molar-refractivity contribution in [3.05, 3.63) is 54.1 Å². The summed E-state index contributed by atoms with van der Waals surface area (Å²) < 4.78 is 0. The van der Waals surface area contributed by atoms with Crippen LogP contribution in [0.3, 0.4) is 0 Å². The Labute approximate surface area is 114 Å². The van der Waals surface area contributed by atoms with Crippen molar-refractivity contribution in [1.82, 2.24) is 0 Å². The van der Waals surface area contributed by atoms with Gasteiger partial charge in [0.1, 0.15) is 0 Å². The van der Waals surface area contributed by atoms with E-state index >= 15 is 0 Å². The van der Waals surface area contributed by atoms with Crippen LogP contribution < -0.4 is 5.32 Å². The summed E-state index contributed by atoms with van der Waals surface area (Å²) in [6, 6.07) is 16.5. The van der Waals surface area contributed by atoms with Crippen molar-refractivity contribution >= 4 is 11.6 Å². The number of rotatable bonds is 3. The Morgan fingerprint density at radius 2 is 1.68 bits per heavy atom. The fraction of sp³-hybridized carbons (Fsp3) is 0.235. The summed E-state index contributed by atoms with van der Waals surface area (Å²) in [6.45, 7) is 5.90. The molecule has 0 saturated carbocycles. The predicted molar refractivity (Wildman–Crippen MR) is 80.3 cm³/mol. The van der Waals surface area contributed by atoms with Crippen LogP contribution >= 0.6 is 0 Å². The summed E-state index contributed by atoms with van der Waals surface area (Å²) in [6.07, 6.45) is 0. The fourth-order valence-electron chi connectivity index (χ4n) is 2.03. The summed E-state index contributed by atoms with van der Waals surface area (Å²) in [5, 5.41) is 2.77. The van der Waals surface area contributed by atoms with E-state index < -0.39 is 0 Å². The predicted octanol–water partition coefficient (Wildman–Crippen LogP) is 4.44. The zero-order valence-corrected chi connectivity index (χ0v) is 11.6. The van der Waals surface area contributed by atoms with E-state index in [1.54, 1.807) is 0 Å². The van der Waals surface area contributed by atoms with Crippen LogP contribution in [0.4, 0.5) is 5.69 Å². The Morgan fingerprint density at radius 3 is 2.26 bits per heavy atom. The van der Waals surface area contributed by atoms with E-state index in [0.29, 0.717) is 5.92 Å². The molecule has 2 aromatic carbocycles. The number of benzene rings is 2. The van der Waals surface area contributed by atoms with Crippen LogP contribution in [0, 0.1) is 0 Å². The maximum absolute atomic E-state index is 11.0. The standard InChI is InChI=1S/C17H19NO/c1-12(2)15-5-4-6-16(11-15)14-7-9-17(10-8-14)18-13(3)19/h4-12H,1-3H3,(H,18,19). The maximum Gasteiger partial charge on any atom is 0.221 e. The number of carbonyl (C=O) groups is 1. The third-order valence-corrected chi connectivity index (χ3v) is 3.09. The van der Waals surface area contributed by atoms with Gasteiger partial charge in [0.25, 0.3) is 0 Å². The molecule has 0 radical (unpaired) electrons. The van der Waals surface area contributed by atoms with Gasteiger partial charge in [0, 0.05) is 12.6 Å². The van der Waals surface area contributed by atoms with Gasteiger partial charge >= 0.3 is 0 Å². The third kappa shape index (κ3) is 3.44. The molecule has 0 spiro atoms. The lowest BCUT2D eigenvalue weighted by atomic mass is 9.97. The number of amides is 1. The first-order valence-electron chi connectivity index (χ1n) is 6.54. The van der Waals surface area contributed by atoms with E-state index in [1.165, 1.54) is 18.1 Å². The SMILES string of the molecule is CC(=O)Nc1ccc(-c2cccc(C(C)C)c2)cc1. The second kappa shape index (κ2) is 5.70. The minimum Gasteiger partial charge on any atom is -0.326 e. The summed E-state index contributed by atoms with van der Waals surface area (Å²) in [7, 11) is 0. The highest BCUT2D eigenvalue weighted by Gasteiger charge is 2.03. The maximum atomic E-state index is 11.0. The van der Waals surface area contributed by atoms with Crippen LogP contribution in [0.2, 0.25) is 0 Å². The van der Waals surface area contributed by atoms with E-state index in [-0.39, 0.29) is 5.91 Å².